The number of hydrogen-bond acceptors (Lipinski definition) is 3. The van der Waals surface area contributed by atoms with Gasteiger partial charge in [0.25, 0.3) is 10.0 Å². The summed E-state index contributed by atoms with van der Waals surface area (Å²) < 4.78 is 40.7. The van der Waals surface area contributed by atoms with E-state index in [0.29, 0.717) is 17.3 Å². The fourth-order valence-corrected chi connectivity index (χ4v) is 4.38. The maximum Gasteiger partial charge on any atom is 0.264 e. The smallest absolute Gasteiger partial charge is 0.264 e. The van der Waals surface area contributed by atoms with E-state index in [1.807, 2.05) is 0 Å². The van der Waals surface area contributed by atoms with Crippen LogP contribution in [0.1, 0.15) is 5.56 Å². The zero-order valence-electron chi connectivity index (χ0n) is 16.2. The van der Waals surface area contributed by atoms with E-state index in [4.69, 9.17) is 11.6 Å². The Kier molecular flexibility index (Phi) is 6.74. The molecule has 0 aliphatic carbocycles. The van der Waals surface area contributed by atoms with E-state index in [-0.39, 0.29) is 10.8 Å². The number of amides is 1. The first-order valence-electron chi connectivity index (χ1n) is 9.09. The van der Waals surface area contributed by atoms with Crippen molar-refractivity contribution >= 4 is 33.2 Å². The van der Waals surface area contributed by atoms with Crippen LogP contribution in [0.4, 0.5) is 10.1 Å². The zero-order valence-corrected chi connectivity index (χ0v) is 17.8. The Morgan fingerprint density at radius 1 is 0.933 bits per heavy atom. The molecule has 0 unspecified atom stereocenters. The first-order valence-corrected chi connectivity index (χ1v) is 10.9. The fraction of sp³-hybridized carbons (Fsp3) is 0.136. The van der Waals surface area contributed by atoms with Gasteiger partial charge in [-0.05, 0) is 54.1 Å². The van der Waals surface area contributed by atoms with Gasteiger partial charge in [0.05, 0.1) is 10.6 Å². The average molecular weight is 447 g/mol. The molecule has 0 saturated carbocycles. The molecule has 3 aromatic rings. The van der Waals surface area contributed by atoms with Gasteiger partial charge in [0.2, 0.25) is 5.91 Å². The lowest BCUT2D eigenvalue weighted by Gasteiger charge is -2.26. The summed E-state index contributed by atoms with van der Waals surface area (Å²) in [7, 11) is -2.47. The maximum atomic E-state index is 13.3. The molecule has 30 heavy (non-hydrogen) atoms. The summed E-state index contributed by atoms with van der Waals surface area (Å²) in [6.45, 7) is -0.0942. The Morgan fingerprint density at radius 2 is 1.53 bits per heavy atom. The molecule has 0 heterocycles. The number of rotatable bonds is 7. The third-order valence-electron chi connectivity index (χ3n) is 4.48. The van der Waals surface area contributed by atoms with Crippen molar-refractivity contribution in [2.24, 2.45) is 0 Å². The Bertz CT molecular complexity index is 1110. The topological polar surface area (TPSA) is 57.7 Å². The molecular weight excluding hydrogens is 427 g/mol. The van der Waals surface area contributed by atoms with Crippen molar-refractivity contribution in [2.75, 3.05) is 17.9 Å². The van der Waals surface area contributed by atoms with Crippen LogP contribution in [0.25, 0.3) is 0 Å². The van der Waals surface area contributed by atoms with Gasteiger partial charge in [-0.2, -0.15) is 0 Å². The van der Waals surface area contributed by atoms with Gasteiger partial charge < -0.3 is 4.90 Å². The molecule has 1 amide bonds. The molecule has 0 radical (unpaired) electrons. The highest BCUT2D eigenvalue weighted by atomic mass is 35.5. The first kappa shape index (κ1) is 21.8. The van der Waals surface area contributed by atoms with Crippen LogP contribution in [0.15, 0.2) is 83.8 Å². The quantitative estimate of drug-likeness (QED) is 0.542. The standard InChI is InChI=1S/C22H20ClFN2O3S/c1-25(15-17-7-9-18(23)10-8-17)22(27)16-26(20-5-3-2-4-6-20)30(28,29)21-13-11-19(24)12-14-21/h2-14H,15-16H2,1H3. The number of carbonyl (C=O) groups is 1. The lowest BCUT2D eigenvalue weighted by atomic mass is 10.2. The molecule has 5 nitrogen and oxygen atoms in total. The normalized spacial score (nSPS) is 11.2. The molecule has 3 aromatic carbocycles. The minimum Gasteiger partial charge on any atom is -0.340 e. The van der Waals surface area contributed by atoms with Crippen molar-refractivity contribution in [1.82, 2.24) is 4.90 Å². The molecule has 8 heteroatoms. The zero-order chi connectivity index (χ0) is 21.7. The highest BCUT2D eigenvalue weighted by Gasteiger charge is 2.28. The maximum absolute atomic E-state index is 13.3. The Balaban J connectivity index is 1.86. The van der Waals surface area contributed by atoms with Gasteiger partial charge in [0.1, 0.15) is 12.4 Å². The minimum absolute atomic E-state index is 0.0964. The summed E-state index contributed by atoms with van der Waals surface area (Å²) in [5, 5.41) is 0.591. The average Bonchev–Trinajstić information content (AvgIpc) is 2.74. The van der Waals surface area contributed by atoms with Crippen LogP contribution in [0, 0.1) is 5.82 Å². The van der Waals surface area contributed by atoms with E-state index >= 15 is 0 Å². The van der Waals surface area contributed by atoms with Crippen molar-refractivity contribution < 1.29 is 17.6 Å². The van der Waals surface area contributed by atoms with Gasteiger partial charge in [-0.15, -0.1) is 0 Å². The number of hydrogen-bond donors (Lipinski definition) is 0. The van der Waals surface area contributed by atoms with Crippen LogP contribution in [0.5, 0.6) is 0 Å². The monoisotopic (exact) mass is 446 g/mol. The van der Waals surface area contributed by atoms with E-state index in [2.05, 4.69) is 0 Å². The SMILES string of the molecule is CN(Cc1ccc(Cl)cc1)C(=O)CN(c1ccccc1)S(=O)(=O)c1ccc(F)cc1. The summed E-state index contributed by atoms with van der Waals surface area (Å²) in [5.41, 5.74) is 1.21. The first-order chi connectivity index (χ1) is 14.3. The number of nitrogens with zero attached hydrogens (tertiary/aromatic N) is 2. The highest BCUT2D eigenvalue weighted by Crippen LogP contribution is 2.24. The minimum atomic E-state index is -4.08. The molecule has 0 aromatic heterocycles. The van der Waals surface area contributed by atoms with Gasteiger partial charge in [-0.3, -0.25) is 9.10 Å². The van der Waals surface area contributed by atoms with Gasteiger partial charge in [-0.25, -0.2) is 12.8 Å². The van der Waals surface area contributed by atoms with Crippen LogP contribution in [-0.2, 0) is 21.4 Å². The lowest BCUT2D eigenvalue weighted by molar-refractivity contribution is -0.128. The molecule has 0 atom stereocenters. The number of anilines is 1. The number of benzene rings is 3. The number of halogens is 2. The molecule has 0 aliphatic rings. The van der Waals surface area contributed by atoms with Gasteiger partial charge in [0.15, 0.2) is 0 Å². The lowest BCUT2D eigenvalue weighted by Crippen LogP contribution is -2.41. The molecule has 0 N–H and O–H groups in total. The second kappa shape index (κ2) is 9.28. The van der Waals surface area contributed by atoms with Crippen LogP contribution >= 0.6 is 11.6 Å². The number of sulfonamides is 1. The van der Waals surface area contributed by atoms with E-state index in [1.54, 1.807) is 61.6 Å². The summed E-state index contributed by atoms with van der Waals surface area (Å²) >= 11 is 5.89. The largest absolute Gasteiger partial charge is 0.340 e. The highest BCUT2D eigenvalue weighted by molar-refractivity contribution is 7.92. The van der Waals surface area contributed by atoms with Crippen LogP contribution in [0.2, 0.25) is 5.02 Å². The predicted molar refractivity (Wildman–Crippen MR) is 115 cm³/mol. The summed E-state index contributed by atoms with van der Waals surface area (Å²) in [6.07, 6.45) is 0. The van der Waals surface area contributed by atoms with E-state index in [1.165, 1.54) is 17.0 Å². The third-order valence-corrected chi connectivity index (χ3v) is 6.52. The van der Waals surface area contributed by atoms with Crippen molar-refractivity contribution in [1.29, 1.82) is 0 Å². The second-order valence-corrected chi connectivity index (χ2v) is 8.98. The Labute approximate surface area is 180 Å². The predicted octanol–water partition coefficient (Wildman–Crippen LogP) is 4.33. The van der Waals surface area contributed by atoms with Crippen molar-refractivity contribution in [3.63, 3.8) is 0 Å². The summed E-state index contributed by atoms with van der Waals surface area (Å²) in [4.78, 5) is 14.2. The summed E-state index contributed by atoms with van der Waals surface area (Å²) in [6, 6.07) is 19.9. The molecule has 0 fully saturated rings. The molecule has 0 bridgehead atoms. The summed E-state index contributed by atoms with van der Waals surface area (Å²) in [5.74, 6) is -0.932. The number of carbonyl (C=O) groups excluding carboxylic acids is 1. The van der Waals surface area contributed by atoms with Crippen LogP contribution in [-0.4, -0.2) is 32.8 Å². The number of likely N-dealkylation sites (N-methyl/N-ethyl adjacent to an activating group) is 1. The van der Waals surface area contributed by atoms with Gasteiger partial charge in [-0.1, -0.05) is 41.9 Å². The molecule has 156 valence electrons. The second-order valence-electron chi connectivity index (χ2n) is 6.68. The van der Waals surface area contributed by atoms with Crippen LogP contribution in [0.3, 0.4) is 0 Å². The third kappa shape index (κ3) is 5.17. The van der Waals surface area contributed by atoms with Crippen molar-refractivity contribution in [2.45, 2.75) is 11.4 Å². The van der Waals surface area contributed by atoms with E-state index in [0.717, 1.165) is 22.0 Å². The van der Waals surface area contributed by atoms with Crippen molar-refractivity contribution in [3.8, 4) is 0 Å². The molecule has 3 rings (SSSR count). The Hall–Kier alpha value is -2.90. The van der Waals surface area contributed by atoms with Gasteiger partial charge in [0, 0.05) is 18.6 Å². The van der Waals surface area contributed by atoms with Crippen molar-refractivity contribution in [3.05, 3.63) is 95.3 Å². The fourth-order valence-electron chi connectivity index (χ4n) is 2.84. The Morgan fingerprint density at radius 3 is 2.13 bits per heavy atom. The molecule has 0 aliphatic heterocycles. The molecule has 0 saturated heterocycles. The van der Waals surface area contributed by atoms with E-state index < -0.39 is 22.4 Å². The molecule has 0 spiro atoms. The molecular formula is C22H20ClFN2O3S. The van der Waals surface area contributed by atoms with Crippen LogP contribution < -0.4 is 4.31 Å². The number of para-hydroxylation sites is 1. The van der Waals surface area contributed by atoms with Gasteiger partial charge >= 0.3 is 0 Å². The van der Waals surface area contributed by atoms with E-state index in [9.17, 15) is 17.6 Å².